The standard InChI is InChI=1S/C24H45O4/c1-2-3-4-5-11-15-18-21-24(27)28-22-19-16-13-10-8-6-7-9-12-14-17-20-23(25)26/h1-22H2,(H,25,26). The van der Waals surface area contributed by atoms with Gasteiger partial charge in [-0.2, -0.15) is 0 Å². The first kappa shape index (κ1) is 26.9. The normalized spacial score (nSPS) is 10.9. The van der Waals surface area contributed by atoms with Crippen LogP contribution < -0.4 is 0 Å². The molecule has 0 rings (SSSR count). The molecule has 0 fully saturated rings. The predicted molar refractivity (Wildman–Crippen MR) is 116 cm³/mol. The maximum absolute atomic E-state index is 11.7. The average molecular weight is 398 g/mol. The molecule has 4 heteroatoms. The van der Waals surface area contributed by atoms with Gasteiger partial charge in [-0.15, -0.1) is 0 Å². The first-order valence-electron chi connectivity index (χ1n) is 11.8. The molecule has 0 aliphatic rings. The molecule has 1 radical (unpaired) electrons. The molecule has 0 aliphatic heterocycles. The smallest absolute Gasteiger partial charge is 0.305 e. The Kier molecular flexibility index (Phi) is 21.4. The number of carbonyl (C=O) groups is 2. The van der Waals surface area contributed by atoms with Crippen molar-refractivity contribution in [2.24, 2.45) is 0 Å². The number of esters is 1. The highest BCUT2D eigenvalue weighted by Crippen LogP contribution is 2.12. The third-order valence-corrected chi connectivity index (χ3v) is 5.18. The van der Waals surface area contributed by atoms with Crippen molar-refractivity contribution < 1.29 is 19.4 Å². The third-order valence-electron chi connectivity index (χ3n) is 5.18. The molecule has 0 unspecified atom stereocenters. The summed E-state index contributed by atoms with van der Waals surface area (Å²) in [4.78, 5) is 22.1. The number of rotatable bonds is 22. The van der Waals surface area contributed by atoms with Gasteiger partial charge in [0.1, 0.15) is 0 Å². The van der Waals surface area contributed by atoms with Crippen LogP contribution >= 0.6 is 0 Å². The highest BCUT2D eigenvalue weighted by molar-refractivity contribution is 5.69. The summed E-state index contributed by atoms with van der Waals surface area (Å²) in [6, 6.07) is 0. The minimum absolute atomic E-state index is 0.0267. The van der Waals surface area contributed by atoms with Crippen LogP contribution in [-0.4, -0.2) is 23.7 Å². The molecule has 165 valence electrons. The van der Waals surface area contributed by atoms with Gasteiger partial charge in [0.15, 0.2) is 0 Å². The minimum Gasteiger partial charge on any atom is -0.481 e. The van der Waals surface area contributed by atoms with Gasteiger partial charge < -0.3 is 9.84 Å². The first-order valence-corrected chi connectivity index (χ1v) is 11.8. The third kappa shape index (κ3) is 23.0. The fourth-order valence-electron chi connectivity index (χ4n) is 3.38. The van der Waals surface area contributed by atoms with Crippen molar-refractivity contribution in [1.82, 2.24) is 0 Å². The van der Waals surface area contributed by atoms with Gasteiger partial charge in [-0.3, -0.25) is 9.59 Å². The van der Waals surface area contributed by atoms with Crippen LogP contribution in [0.1, 0.15) is 128 Å². The number of aliphatic carboxylic acids is 1. The van der Waals surface area contributed by atoms with E-state index in [0.717, 1.165) is 51.4 Å². The lowest BCUT2D eigenvalue weighted by atomic mass is 10.1. The van der Waals surface area contributed by atoms with Crippen LogP contribution in [0.5, 0.6) is 0 Å². The monoisotopic (exact) mass is 397 g/mol. The van der Waals surface area contributed by atoms with Crippen molar-refractivity contribution in [2.75, 3.05) is 6.61 Å². The van der Waals surface area contributed by atoms with Crippen molar-refractivity contribution in [3.8, 4) is 0 Å². The molecule has 0 saturated carbocycles. The molecule has 0 atom stereocenters. The molecule has 28 heavy (non-hydrogen) atoms. The fraction of sp³-hybridized carbons (Fsp3) is 0.875. The molecule has 0 spiro atoms. The number of carboxylic acids is 1. The summed E-state index contributed by atoms with van der Waals surface area (Å²) in [7, 11) is 0. The van der Waals surface area contributed by atoms with Crippen LogP contribution in [0.15, 0.2) is 0 Å². The van der Waals surface area contributed by atoms with Crippen LogP contribution in [0.4, 0.5) is 0 Å². The molecule has 0 amide bonds. The summed E-state index contributed by atoms with van der Waals surface area (Å²) in [6.07, 6.45) is 21.7. The van der Waals surface area contributed by atoms with Crippen LogP contribution in [-0.2, 0) is 14.3 Å². The second-order valence-corrected chi connectivity index (χ2v) is 7.98. The number of carboxylic acid groups (broad SMARTS) is 1. The van der Waals surface area contributed by atoms with E-state index in [-0.39, 0.29) is 5.97 Å². The van der Waals surface area contributed by atoms with Crippen LogP contribution in [0.2, 0.25) is 0 Å². The van der Waals surface area contributed by atoms with Gasteiger partial charge in [0.05, 0.1) is 6.61 Å². The Morgan fingerprint density at radius 1 is 0.571 bits per heavy atom. The molecule has 0 aromatic heterocycles. The molecule has 0 heterocycles. The van der Waals surface area contributed by atoms with Crippen molar-refractivity contribution >= 4 is 11.9 Å². The Labute approximate surface area is 173 Å². The highest BCUT2D eigenvalue weighted by atomic mass is 16.5. The van der Waals surface area contributed by atoms with E-state index in [1.165, 1.54) is 64.2 Å². The van der Waals surface area contributed by atoms with Crippen molar-refractivity contribution in [3.63, 3.8) is 0 Å². The van der Waals surface area contributed by atoms with Crippen molar-refractivity contribution in [2.45, 2.75) is 128 Å². The lowest BCUT2D eigenvalue weighted by molar-refractivity contribution is -0.144. The maximum atomic E-state index is 11.7. The van der Waals surface area contributed by atoms with Gasteiger partial charge in [0.2, 0.25) is 0 Å². The number of unbranched alkanes of at least 4 members (excludes halogenated alkanes) is 16. The van der Waals surface area contributed by atoms with Crippen molar-refractivity contribution in [1.29, 1.82) is 0 Å². The van der Waals surface area contributed by atoms with E-state index in [2.05, 4.69) is 6.92 Å². The number of hydrogen-bond donors (Lipinski definition) is 1. The second kappa shape index (κ2) is 22.2. The van der Waals surface area contributed by atoms with Crippen LogP contribution in [0, 0.1) is 6.92 Å². The second-order valence-electron chi connectivity index (χ2n) is 7.98. The Morgan fingerprint density at radius 2 is 0.964 bits per heavy atom. The van der Waals surface area contributed by atoms with Gasteiger partial charge >= 0.3 is 11.9 Å². The van der Waals surface area contributed by atoms with Gasteiger partial charge in [-0.05, 0) is 19.3 Å². The Bertz CT molecular complexity index is 355. The molecular formula is C24H45O4. The summed E-state index contributed by atoms with van der Waals surface area (Å²) < 4.78 is 5.31. The molecule has 0 aromatic carbocycles. The Balaban J connectivity index is 3.14. The van der Waals surface area contributed by atoms with Gasteiger partial charge in [0.25, 0.3) is 0 Å². The molecular weight excluding hydrogens is 352 g/mol. The zero-order valence-electron chi connectivity index (χ0n) is 18.2. The summed E-state index contributed by atoms with van der Waals surface area (Å²) in [5.74, 6) is -0.706. The Morgan fingerprint density at radius 3 is 1.43 bits per heavy atom. The van der Waals surface area contributed by atoms with E-state index >= 15 is 0 Å². The quantitative estimate of drug-likeness (QED) is 0.154. The SMILES string of the molecule is [CH2]CCCCCCCCC(=O)OCCCCCCCCCCCCCC(=O)O. The number of hydrogen-bond acceptors (Lipinski definition) is 3. The molecule has 0 saturated heterocycles. The zero-order valence-corrected chi connectivity index (χ0v) is 18.2. The largest absolute Gasteiger partial charge is 0.481 e. The molecule has 4 nitrogen and oxygen atoms in total. The van der Waals surface area contributed by atoms with E-state index < -0.39 is 5.97 Å². The first-order chi connectivity index (χ1) is 13.7. The minimum atomic E-state index is -0.679. The Hall–Kier alpha value is -1.06. The zero-order chi connectivity index (χ0) is 20.7. The van der Waals surface area contributed by atoms with E-state index in [9.17, 15) is 9.59 Å². The molecule has 1 N–H and O–H groups in total. The summed E-state index contributed by atoms with van der Waals surface area (Å²) in [5.41, 5.74) is 0. The van der Waals surface area contributed by atoms with E-state index in [1.807, 2.05) is 0 Å². The van der Waals surface area contributed by atoms with Crippen LogP contribution in [0.25, 0.3) is 0 Å². The molecule has 0 bridgehead atoms. The number of ether oxygens (including phenoxy) is 1. The van der Waals surface area contributed by atoms with E-state index in [0.29, 0.717) is 19.4 Å². The topological polar surface area (TPSA) is 63.6 Å². The number of carbonyl (C=O) groups excluding carboxylic acids is 1. The van der Waals surface area contributed by atoms with E-state index in [4.69, 9.17) is 9.84 Å². The maximum Gasteiger partial charge on any atom is 0.305 e. The average Bonchev–Trinajstić information content (AvgIpc) is 2.67. The summed E-state index contributed by atoms with van der Waals surface area (Å²) in [6.45, 7) is 4.43. The van der Waals surface area contributed by atoms with Gasteiger partial charge in [-0.1, -0.05) is 103 Å². The van der Waals surface area contributed by atoms with Crippen LogP contribution in [0.3, 0.4) is 0 Å². The van der Waals surface area contributed by atoms with Gasteiger partial charge in [-0.25, -0.2) is 0 Å². The molecule has 0 aliphatic carbocycles. The van der Waals surface area contributed by atoms with Gasteiger partial charge in [0, 0.05) is 12.8 Å². The lowest BCUT2D eigenvalue weighted by Gasteiger charge is -2.05. The summed E-state index contributed by atoms with van der Waals surface area (Å²) >= 11 is 0. The lowest BCUT2D eigenvalue weighted by Crippen LogP contribution is -2.05. The molecule has 0 aromatic rings. The van der Waals surface area contributed by atoms with Crippen molar-refractivity contribution in [3.05, 3.63) is 6.92 Å². The van der Waals surface area contributed by atoms with E-state index in [1.54, 1.807) is 0 Å². The predicted octanol–water partition coefficient (Wildman–Crippen LogP) is 7.25. The fourth-order valence-corrected chi connectivity index (χ4v) is 3.38. The highest BCUT2D eigenvalue weighted by Gasteiger charge is 2.02. The summed E-state index contributed by atoms with van der Waals surface area (Å²) in [5, 5.41) is 8.57.